The van der Waals surface area contributed by atoms with E-state index in [0.29, 0.717) is 17.3 Å². The van der Waals surface area contributed by atoms with Gasteiger partial charge in [-0.3, -0.25) is 9.78 Å². The standard InChI is InChI=1S/C14H16ClN3O/c1-10-5-4-6-16-12(10)9-18(3)14(19)13-7-11(15)8-17(13)2/h4-8H,9H2,1-3H3. The molecule has 2 rings (SSSR count). The molecule has 19 heavy (non-hydrogen) atoms. The Kier molecular flexibility index (Phi) is 3.90. The molecule has 0 aromatic carbocycles. The predicted molar refractivity (Wildman–Crippen MR) is 75.2 cm³/mol. The van der Waals surface area contributed by atoms with Gasteiger partial charge in [0.2, 0.25) is 0 Å². The molecular weight excluding hydrogens is 262 g/mol. The topological polar surface area (TPSA) is 38.1 Å². The molecule has 1 amide bonds. The number of aryl methyl sites for hydroxylation is 2. The lowest BCUT2D eigenvalue weighted by molar-refractivity contribution is 0.0774. The molecule has 5 heteroatoms. The molecule has 2 aromatic heterocycles. The van der Waals surface area contributed by atoms with Crippen LogP contribution in [0.5, 0.6) is 0 Å². The smallest absolute Gasteiger partial charge is 0.270 e. The highest BCUT2D eigenvalue weighted by atomic mass is 35.5. The van der Waals surface area contributed by atoms with Crippen molar-refractivity contribution in [2.24, 2.45) is 7.05 Å². The van der Waals surface area contributed by atoms with Crippen LogP contribution in [0.3, 0.4) is 0 Å². The van der Waals surface area contributed by atoms with E-state index >= 15 is 0 Å². The first-order valence-electron chi connectivity index (χ1n) is 5.97. The number of pyridine rings is 1. The van der Waals surface area contributed by atoms with Crippen molar-refractivity contribution in [2.45, 2.75) is 13.5 Å². The predicted octanol–water partition coefficient (Wildman–Crippen LogP) is 2.65. The monoisotopic (exact) mass is 277 g/mol. The van der Waals surface area contributed by atoms with Crippen molar-refractivity contribution in [3.8, 4) is 0 Å². The van der Waals surface area contributed by atoms with E-state index in [4.69, 9.17) is 11.6 Å². The van der Waals surface area contributed by atoms with Gasteiger partial charge in [0, 0.05) is 26.5 Å². The number of nitrogens with zero attached hydrogens (tertiary/aromatic N) is 3. The number of carbonyl (C=O) groups is 1. The van der Waals surface area contributed by atoms with Gasteiger partial charge in [-0.05, 0) is 24.6 Å². The van der Waals surface area contributed by atoms with Crippen LogP contribution in [0.1, 0.15) is 21.7 Å². The lowest BCUT2D eigenvalue weighted by Gasteiger charge is -2.18. The van der Waals surface area contributed by atoms with Gasteiger partial charge < -0.3 is 9.47 Å². The lowest BCUT2D eigenvalue weighted by atomic mass is 10.2. The van der Waals surface area contributed by atoms with Crippen LogP contribution in [-0.2, 0) is 13.6 Å². The maximum absolute atomic E-state index is 12.3. The second kappa shape index (κ2) is 5.45. The summed E-state index contributed by atoms with van der Waals surface area (Å²) in [7, 11) is 3.57. The highest BCUT2D eigenvalue weighted by Gasteiger charge is 2.17. The Bertz CT molecular complexity index is 606. The molecule has 0 N–H and O–H groups in total. The van der Waals surface area contributed by atoms with Crippen LogP contribution in [0, 0.1) is 6.92 Å². The first-order valence-corrected chi connectivity index (χ1v) is 6.34. The Hall–Kier alpha value is -1.81. The zero-order valence-corrected chi connectivity index (χ0v) is 12.0. The number of hydrogen-bond donors (Lipinski definition) is 0. The number of aromatic nitrogens is 2. The van der Waals surface area contributed by atoms with Gasteiger partial charge in [0.05, 0.1) is 17.3 Å². The summed E-state index contributed by atoms with van der Waals surface area (Å²) >= 11 is 5.90. The first-order chi connectivity index (χ1) is 8.99. The van der Waals surface area contributed by atoms with Crippen molar-refractivity contribution in [3.05, 3.63) is 52.6 Å². The highest BCUT2D eigenvalue weighted by molar-refractivity contribution is 6.31. The molecule has 0 bridgehead atoms. The fraction of sp³-hybridized carbons (Fsp3) is 0.286. The average Bonchev–Trinajstić information content (AvgIpc) is 2.70. The molecule has 4 nitrogen and oxygen atoms in total. The van der Waals surface area contributed by atoms with E-state index in [0.717, 1.165) is 11.3 Å². The van der Waals surface area contributed by atoms with Gasteiger partial charge in [-0.2, -0.15) is 0 Å². The van der Waals surface area contributed by atoms with E-state index in [-0.39, 0.29) is 5.91 Å². The molecule has 0 aliphatic rings. The molecule has 0 aliphatic heterocycles. The van der Waals surface area contributed by atoms with Crippen LogP contribution < -0.4 is 0 Å². The van der Waals surface area contributed by atoms with E-state index in [9.17, 15) is 4.79 Å². The zero-order chi connectivity index (χ0) is 14.0. The Morgan fingerprint density at radius 2 is 2.26 bits per heavy atom. The molecule has 0 fully saturated rings. The van der Waals surface area contributed by atoms with E-state index < -0.39 is 0 Å². The maximum atomic E-state index is 12.3. The molecular formula is C14H16ClN3O. The maximum Gasteiger partial charge on any atom is 0.270 e. The van der Waals surface area contributed by atoms with E-state index in [1.807, 2.05) is 19.1 Å². The van der Waals surface area contributed by atoms with Crippen molar-refractivity contribution in [1.82, 2.24) is 14.5 Å². The summed E-state index contributed by atoms with van der Waals surface area (Å²) in [6.07, 6.45) is 3.45. The summed E-state index contributed by atoms with van der Waals surface area (Å²) in [5.74, 6) is -0.0700. The summed E-state index contributed by atoms with van der Waals surface area (Å²) in [6, 6.07) is 5.54. The van der Waals surface area contributed by atoms with Crippen LogP contribution >= 0.6 is 11.6 Å². The first kappa shape index (κ1) is 13.6. The van der Waals surface area contributed by atoms with Crippen molar-refractivity contribution >= 4 is 17.5 Å². The summed E-state index contributed by atoms with van der Waals surface area (Å²) in [5, 5.41) is 0.563. The molecule has 0 radical (unpaired) electrons. The SMILES string of the molecule is Cc1cccnc1CN(C)C(=O)c1cc(Cl)cn1C. The molecule has 0 aliphatic carbocycles. The Labute approximate surface area is 117 Å². The minimum Gasteiger partial charge on any atom is -0.345 e. The zero-order valence-electron chi connectivity index (χ0n) is 11.2. The number of halogens is 1. The van der Waals surface area contributed by atoms with Crippen molar-refractivity contribution in [3.63, 3.8) is 0 Å². The van der Waals surface area contributed by atoms with Gasteiger partial charge in [-0.1, -0.05) is 17.7 Å². The Balaban J connectivity index is 2.16. The molecule has 0 spiro atoms. The van der Waals surface area contributed by atoms with E-state index in [2.05, 4.69) is 4.98 Å². The quantitative estimate of drug-likeness (QED) is 0.865. The normalized spacial score (nSPS) is 10.5. The number of carbonyl (C=O) groups excluding carboxylic acids is 1. The average molecular weight is 278 g/mol. The Morgan fingerprint density at radius 3 is 2.84 bits per heavy atom. The minimum absolute atomic E-state index is 0.0700. The molecule has 0 unspecified atom stereocenters. The number of hydrogen-bond acceptors (Lipinski definition) is 2. The van der Waals surface area contributed by atoms with Gasteiger partial charge in [0.1, 0.15) is 5.69 Å². The minimum atomic E-state index is -0.0700. The molecule has 0 saturated heterocycles. The second-order valence-corrected chi connectivity index (χ2v) is 5.02. The number of amides is 1. The fourth-order valence-corrected chi connectivity index (χ4v) is 2.16. The summed E-state index contributed by atoms with van der Waals surface area (Å²) in [5.41, 5.74) is 2.55. The van der Waals surface area contributed by atoms with Crippen LogP contribution in [0.15, 0.2) is 30.6 Å². The molecule has 0 atom stereocenters. The van der Waals surface area contributed by atoms with Crippen LogP contribution in [0.25, 0.3) is 0 Å². The molecule has 2 aromatic rings. The van der Waals surface area contributed by atoms with E-state index in [1.54, 1.807) is 42.0 Å². The summed E-state index contributed by atoms with van der Waals surface area (Å²) in [6.45, 7) is 2.47. The summed E-state index contributed by atoms with van der Waals surface area (Å²) < 4.78 is 1.73. The second-order valence-electron chi connectivity index (χ2n) is 4.58. The molecule has 0 saturated carbocycles. The molecule has 100 valence electrons. The lowest BCUT2D eigenvalue weighted by Crippen LogP contribution is -2.28. The van der Waals surface area contributed by atoms with Gasteiger partial charge >= 0.3 is 0 Å². The van der Waals surface area contributed by atoms with Crippen molar-refractivity contribution in [1.29, 1.82) is 0 Å². The van der Waals surface area contributed by atoms with Crippen LogP contribution in [0.4, 0.5) is 0 Å². The van der Waals surface area contributed by atoms with Crippen LogP contribution in [-0.4, -0.2) is 27.4 Å². The third kappa shape index (κ3) is 2.96. The third-order valence-corrected chi connectivity index (χ3v) is 3.25. The summed E-state index contributed by atoms with van der Waals surface area (Å²) in [4.78, 5) is 18.2. The van der Waals surface area contributed by atoms with Gasteiger partial charge in [0.25, 0.3) is 5.91 Å². The third-order valence-electron chi connectivity index (χ3n) is 3.04. The largest absolute Gasteiger partial charge is 0.345 e. The van der Waals surface area contributed by atoms with Gasteiger partial charge in [-0.15, -0.1) is 0 Å². The molecule has 2 heterocycles. The fourth-order valence-electron chi connectivity index (χ4n) is 1.91. The van der Waals surface area contributed by atoms with Crippen LogP contribution in [0.2, 0.25) is 5.02 Å². The number of rotatable bonds is 3. The van der Waals surface area contributed by atoms with Crippen molar-refractivity contribution in [2.75, 3.05) is 7.05 Å². The van der Waals surface area contributed by atoms with E-state index in [1.165, 1.54) is 0 Å². The van der Waals surface area contributed by atoms with Gasteiger partial charge in [0.15, 0.2) is 0 Å². The van der Waals surface area contributed by atoms with Gasteiger partial charge in [-0.25, -0.2) is 0 Å². The van der Waals surface area contributed by atoms with Crippen molar-refractivity contribution < 1.29 is 4.79 Å². The Morgan fingerprint density at radius 1 is 1.53 bits per heavy atom. The highest BCUT2D eigenvalue weighted by Crippen LogP contribution is 2.15.